The normalized spacial score (nSPS) is 12.1. The third-order valence-electron chi connectivity index (χ3n) is 2.71. The molecule has 0 spiro atoms. The molecule has 2 rings (SSSR count). The van der Waals surface area contributed by atoms with Crippen LogP contribution >= 0.6 is 0 Å². The molecular weight excluding hydrogens is 210 g/mol. The Kier molecular flexibility index (Phi) is 3.68. The lowest BCUT2D eigenvalue weighted by Crippen LogP contribution is -2.23. The Labute approximate surface area is 101 Å². The van der Waals surface area contributed by atoms with E-state index in [4.69, 9.17) is 5.73 Å². The molecule has 0 aliphatic heterocycles. The van der Waals surface area contributed by atoms with Gasteiger partial charge in [0.15, 0.2) is 0 Å². The highest BCUT2D eigenvalue weighted by Gasteiger charge is 2.02. The van der Waals surface area contributed by atoms with E-state index in [2.05, 4.69) is 24.3 Å². The maximum absolute atomic E-state index is 10.5. The Morgan fingerprint density at radius 3 is 2.12 bits per heavy atom. The maximum Gasteiger partial charge on any atom is 0.137 e. The predicted octanol–water partition coefficient (Wildman–Crippen LogP) is 2.42. The molecule has 2 aromatic rings. The summed E-state index contributed by atoms with van der Waals surface area (Å²) in [6.07, 6.45) is 1.38. The number of aldehydes is 1. The summed E-state index contributed by atoms with van der Waals surface area (Å²) >= 11 is 0. The topological polar surface area (TPSA) is 43.1 Å². The average molecular weight is 225 g/mol. The minimum absolute atomic E-state index is 0.405. The van der Waals surface area contributed by atoms with Crippen LogP contribution in [-0.2, 0) is 11.2 Å². The predicted molar refractivity (Wildman–Crippen MR) is 69.6 cm³/mol. The van der Waals surface area contributed by atoms with Crippen LogP contribution < -0.4 is 5.73 Å². The zero-order valence-electron chi connectivity index (χ0n) is 9.54. The van der Waals surface area contributed by atoms with Gasteiger partial charge in [0, 0.05) is 0 Å². The third kappa shape index (κ3) is 3.02. The van der Waals surface area contributed by atoms with Gasteiger partial charge in [0.05, 0.1) is 6.04 Å². The molecule has 0 aliphatic carbocycles. The number of nitrogens with two attached hydrogens (primary N) is 1. The highest BCUT2D eigenvalue weighted by atomic mass is 16.1. The van der Waals surface area contributed by atoms with Gasteiger partial charge < -0.3 is 10.5 Å². The summed E-state index contributed by atoms with van der Waals surface area (Å²) in [7, 11) is 0. The largest absolute Gasteiger partial charge is 0.321 e. The van der Waals surface area contributed by atoms with E-state index in [1.54, 1.807) is 0 Å². The fourth-order valence-corrected chi connectivity index (χ4v) is 1.78. The zero-order valence-corrected chi connectivity index (χ0v) is 9.54. The van der Waals surface area contributed by atoms with E-state index in [0.29, 0.717) is 6.42 Å². The molecule has 0 heterocycles. The van der Waals surface area contributed by atoms with Crippen LogP contribution in [-0.4, -0.2) is 12.3 Å². The van der Waals surface area contributed by atoms with E-state index in [0.717, 1.165) is 11.8 Å². The fraction of sp³-hybridized carbons (Fsp3) is 0.133. The summed E-state index contributed by atoms with van der Waals surface area (Å²) in [6.45, 7) is 0. The van der Waals surface area contributed by atoms with Gasteiger partial charge >= 0.3 is 0 Å². The van der Waals surface area contributed by atoms with E-state index >= 15 is 0 Å². The minimum Gasteiger partial charge on any atom is -0.321 e. The molecule has 86 valence electrons. The zero-order chi connectivity index (χ0) is 12.1. The molecule has 2 aromatic carbocycles. The van der Waals surface area contributed by atoms with Crippen molar-refractivity contribution < 1.29 is 4.79 Å². The molecule has 2 N–H and O–H groups in total. The SMILES string of the molecule is N[C@@H](C=O)Cc1ccc(-c2ccccc2)cc1. The highest BCUT2D eigenvalue weighted by molar-refractivity contribution is 5.64. The molecule has 0 bridgehead atoms. The first-order valence-electron chi connectivity index (χ1n) is 5.65. The molecule has 0 unspecified atom stereocenters. The molecular formula is C15H15NO. The van der Waals surface area contributed by atoms with Gasteiger partial charge in [0.2, 0.25) is 0 Å². The number of hydrogen-bond donors (Lipinski definition) is 1. The molecule has 17 heavy (non-hydrogen) atoms. The second-order valence-electron chi connectivity index (χ2n) is 4.07. The average Bonchev–Trinajstić information content (AvgIpc) is 2.40. The summed E-state index contributed by atoms with van der Waals surface area (Å²) in [5, 5.41) is 0. The second-order valence-corrected chi connectivity index (χ2v) is 4.07. The first-order valence-corrected chi connectivity index (χ1v) is 5.65. The molecule has 2 heteroatoms. The smallest absolute Gasteiger partial charge is 0.137 e. The van der Waals surface area contributed by atoms with E-state index < -0.39 is 6.04 Å². The van der Waals surface area contributed by atoms with Gasteiger partial charge in [0.25, 0.3) is 0 Å². The van der Waals surface area contributed by atoms with Gasteiger partial charge in [0.1, 0.15) is 6.29 Å². The van der Waals surface area contributed by atoms with Crippen LogP contribution in [0.5, 0.6) is 0 Å². The van der Waals surface area contributed by atoms with Crippen molar-refractivity contribution in [2.45, 2.75) is 12.5 Å². The van der Waals surface area contributed by atoms with Crippen molar-refractivity contribution in [1.82, 2.24) is 0 Å². The van der Waals surface area contributed by atoms with Gasteiger partial charge in [-0.1, -0.05) is 54.6 Å². The van der Waals surface area contributed by atoms with Crippen LogP contribution in [0, 0.1) is 0 Å². The van der Waals surface area contributed by atoms with Crippen molar-refractivity contribution in [3.05, 3.63) is 60.2 Å². The second kappa shape index (κ2) is 5.41. The highest BCUT2D eigenvalue weighted by Crippen LogP contribution is 2.19. The van der Waals surface area contributed by atoms with E-state index in [1.807, 2.05) is 30.3 Å². The van der Waals surface area contributed by atoms with Gasteiger partial charge in [-0.25, -0.2) is 0 Å². The maximum atomic E-state index is 10.5. The van der Waals surface area contributed by atoms with Crippen LogP contribution in [0.4, 0.5) is 0 Å². The first-order chi connectivity index (χ1) is 8.29. The number of rotatable bonds is 4. The van der Waals surface area contributed by atoms with Crippen molar-refractivity contribution in [3.63, 3.8) is 0 Å². The molecule has 0 aliphatic rings. The lowest BCUT2D eigenvalue weighted by atomic mass is 10.0. The van der Waals surface area contributed by atoms with Crippen LogP contribution in [0.3, 0.4) is 0 Å². The Morgan fingerprint density at radius 2 is 1.53 bits per heavy atom. The van der Waals surface area contributed by atoms with Crippen LogP contribution in [0.1, 0.15) is 5.56 Å². The van der Waals surface area contributed by atoms with Crippen LogP contribution in [0.2, 0.25) is 0 Å². The molecule has 0 amide bonds. The standard InChI is InChI=1S/C15H15NO/c16-15(11-17)10-12-6-8-14(9-7-12)13-4-2-1-3-5-13/h1-9,11,15H,10,16H2/t15-/m1/s1. The monoisotopic (exact) mass is 225 g/mol. The quantitative estimate of drug-likeness (QED) is 0.812. The summed E-state index contributed by atoms with van der Waals surface area (Å²) < 4.78 is 0. The van der Waals surface area contributed by atoms with Crippen molar-refractivity contribution >= 4 is 6.29 Å². The lowest BCUT2D eigenvalue weighted by molar-refractivity contribution is -0.108. The number of hydrogen-bond acceptors (Lipinski definition) is 2. The van der Waals surface area contributed by atoms with Gasteiger partial charge in [-0.3, -0.25) is 0 Å². The van der Waals surface area contributed by atoms with Crippen LogP contribution in [0.15, 0.2) is 54.6 Å². The third-order valence-corrected chi connectivity index (χ3v) is 2.71. The summed E-state index contributed by atoms with van der Waals surface area (Å²) in [5.41, 5.74) is 9.04. The molecule has 0 saturated carbocycles. The first kappa shape index (κ1) is 11.6. The molecule has 1 atom stereocenters. The van der Waals surface area contributed by atoms with Gasteiger partial charge in [-0.05, 0) is 23.1 Å². The number of benzene rings is 2. The van der Waals surface area contributed by atoms with Crippen LogP contribution in [0.25, 0.3) is 11.1 Å². The van der Waals surface area contributed by atoms with E-state index in [-0.39, 0.29) is 0 Å². The summed E-state index contributed by atoms with van der Waals surface area (Å²) in [4.78, 5) is 10.5. The molecule has 0 fully saturated rings. The molecule has 0 aromatic heterocycles. The summed E-state index contributed by atoms with van der Waals surface area (Å²) in [6, 6.07) is 17.9. The lowest BCUT2D eigenvalue weighted by Gasteiger charge is -2.06. The van der Waals surface area contributed by atoms with Gasteiger partial charge in [-0.15, -0.1) is 0 Å². The number of carbonyl (C=O) groups is 1. The molecule has 0 saturated heterocycles. The fourth-order valence-electron chi connectivity index (χ4n) is 1.78. The van der Waals surface area contributed by atoms with Crippen molar-refractivity contribution in [1.29, 1.82) is 0 Å². The Bertz CT molecular complexity index is 476. The number of carbonyl (C=O) groups excluding carboxylic acids is 1. The molecule has 2 nitrogen and oxygen atoms in total. The Hall–Kier alpha value is -1.93. The van der Waals surface area contributed by atoms with Crippen molar-refractivity contribution in [2.24, 2.45) is 5.73 Å². The Balaban J connectivity index is 2.16. The minimum atomic E-state index is -0.405. The molecule has 0 radical (unpaired) electrons. The summed E-state index contributed by atoms with van der Waals surface area (Å²) in [5.74, 6) is 0. The van der Waals surface area contributed by atoms with Crippen molar-refractivity contribution in [2.75, 3.05) is 0 Å². The Morgan fingerprint density at radius 1 is 0.941 bits per heavy atom. The van der Waals surface area contributed by atoms with E-state index in [1.165, 1.54) is 11.1 Å². The van der Waals surface area contributed by atoms with Gasteiger partial charge in [-0.2, -0.15) is 0 Å². The van der Waals surface area contributed by atoms with Crippen molar-refractivity contribution in [3.8, 4) is 11.1 Å². The van der Waals surface area contributed by atoms with E-state index in [9.17, 15) is 4.79 Å².